The Hall–Kier alpha value is -1.06. The van der Waals surface area contributed by atoms with Crippen LogP contribution in [0.1, 0.15) is 37.3 Å². The third kappa shape index (κ3) is 3.71. The Labute approximate surface area is 116 Å². The fourth-order valence-corrected chi connectivity index (χ4v) is 2.88. The van der Waals surface area contributed by atoms with Gasteiger partial charge in [0, 0.05) is 24.7 Å². The summed E-state index contributed by atoms with van der Waals surface area (Å²) >= 11 is 0. The highest BCUT2D eigenvalue weighted by molar-refractivity contribution is 5.37. The maximum Gasteiger partial charge on any atom is 0.123 e. The van der Waals surface area contributed by atoms with E-state index in [4.69, 9.17) is 4.74 Å². The van der Waals surface area contributed by atoms with Crippen LogP contribution in [0.2, 0.25) is 0 Å². The molecule has 0 bridgehead atoms. The Balaban J connectivity index is 2.14. The summed E-state index contributed by atoms with van der Waals surface area (Å²) in [4.78, 5) is 2.57. The van der Waals surface area contributed by atoms with Crippen LogP contribution in [0.4, 0.5) is 0 Å². The second kappa shape index (κ2) is 6.92. The largest absolute Gasteiger partial charge is 0.496 e. The molecule has 0 radical (unpaired) electrons. The van der Waals surface area contributed by atoms with E-state index in [0.29, 0.717) is 6.04 Å². The van der Waals surface area contributed by atoms with Gasteiger partial charge in [-0.1, -0.05) is 12.5 Å². The number of likely N-dealkylation sites (tertiary alicyclic amines) is 1. The third-order valence-corrected chi connectivity index (χ3v) is 4.04. The van der Waals surface area contributed by atoms with Crippen molar-refractivity contribution in [2.75, 3.05) is 20.7 Å². The normalized spacial score (nSPS) is 20.5. The molecule has 1 N–H and O–H groups in total. The van der Waals surface area contributed by atoms with E-state index in [0.717, 1.165) is 18.8 Å². The van der Waals surface area contributed by atoms with Crippen LogP contribution in [0, 0.1) is 0 Å². The highest BCUT2D eigenvalue weighted by Crippen LogP contribution is 2.25. The monoisotopic (exact) mass is 262 g/mol. The van der Waals surface area contributed by atoms with Crippen LogP contribution in [0.25, 0.3) is 0 Å². The molecule has 1 fully saturated rings. The lowest BCUT2D eigenvalue weighted by atomic mass is 10.0. The molecule has 3 heteroatoms. The van der Waals surface area contributed by atoms with Gasteiger partial charge < -0.3 is 10.1 Å². The van der Waals surface area contributed by atoms with Crippen LogP contribution in [0.5, 0.6) is 5.75 Å². The molecule has 19 heavy (non-hydrogen) atoms. The summed E-state index contributed by atoms with van der Waals surface area (Å²) in [5, 5.41) is 3.21. The predicted molar refractivity (Wildman–Crippen MR) is 79.5 cm³/mol. The minimum Gasteiger partial charge on any atom is -0.496 e. The minimum absolute atomic E-state index is 0.686. The van der Waals surface area contributed by atoms with Crippen LogP contribution in [0.15, 0.2) is 18.2 Å². The predicted octanol–water partition coefficient (Wildman–Crippen LogP) is 2.79. The zero-order valence-corrected chi connectivity index (χ0v) is 12.4. The van der Waals surface area contributed by atoms with E-state index in [1.165, 1.54) is 36.9 Å². The number of nitrogens with zero attached hydrogens (tertiary/aromatic N) is 1. The molecule has 1 unspecified atom stereocenters. The maximum atomic E-state index is 5.51. The molecular weight excluding hydrogens is 236 g/mol. The summed E-state index contributed by atoms with van der Waals surface area (Å²) in [5.41, 5.74) is 2.63. The maximum absolute atomic E-state index is 5.51. The van der Waals surface area contributed by atoms with Crippen molar-refractivity contribution in [2.24, 2.45) is 0 Å². The van der Waals surface area contributed by atoms with Crippen LogP contribution < -0.4 is 10.1 Å². The van der Waals surface area contributed by atoms with E-state index in [2.05, 4.69) is 35.3 Å². The van der Waals surface area contributed by atoms with E-state index in [1.807, 2.05) is 7.05 Å². The zero-order chi connectivity index (χ0) is 13.7. The Morgan fingerprint density at radius 1 is 1.37 bits per heavy atom. The van der Waals surface area contributed by atoms with Gasteiger partial charge in [-0.05, 0) is 51.1 Å². The topological polar surface area (TPSA) is 24.5 Å². The molecule has 106 valence electrons. The molecule has 3 nitrogen and oxygen atoms in total. The summed E-state index contributed by atoms with van der Waals surface area (Å²) in [6.07, 6.45) is 4.01. The number of rotatable bonds is 5. The smallest absolute Gasteiger partial charge is 0.123 e. The lowest BCUT2D eigenvalue weighted by molar-refractivity contribution is 0.151. The Morgan fingerprint density at radius 2 is 2.21 bits per heavy atom. The molecule has 0 spiro atoms. The minimum atomic E-state index is 0.686. The molecule has 0 aliphatic carbocycles. The van der Waals surface area contributed by atoms with Gasteiger partial charge in [0.1, 0.15) is 5.75 Å². The van der Waals surface area contributed by atoms with Crippen LogP contribution in [-0.4, -0.2) is 31.6 Å². The van der Waals surface area contributed by atoms with Crippen molar-refractivity contribution in [2.45, 2.75) is 45.3 Å². The molecular formula is C16H26N2O. The molecule has 1 saturated heterocycles. The molecule has 0 saturated carbocycles. The first-order valence-corrected chi connectivity index (χ1v) is 7.29. The van der Waals surface area contributed by atoms with E-state index < -0.39 is 0 Å². The Bertz CT molecular complexity index is 406. The van der Waals surface area contributed by atoms with Gasteiger partial charge in [-0.2, -0.15) is 0 Å². The molecule has 1 atom stereocenters. The van der Waals surface area contributed by atoms with Crippen molar-refractivity contribution >= 4 is 0 Å². The van der Waals surface area contributed by atoms with Gasteiger partial charge in [0.2, 0.25) is 0 Å². The third-order valence-electron chi connectivity index (χ3n) is 4.04. The van der Waals surface area contributed by atoms with E-state index >= 15 is 0 Å². The first-order valence-electron chi connectivity index (χ1n) is 7.29. The second-order valence-electron chi connectivity index (χ2n) is 5.49. The molecule has 2 rings (SSSR count). The number of methoxy groups -OCH3 is 1. The van der Waals surface area contributed by atoms with Crippen molar-refractivity contribution in [3.8, 4) is 5.75 Å². The summed E-state index contributed by atoms with van der Waals surface area (Å²) < 4.78 is 5.51. The van der Waals surface area contributed by atoms with Crippen molar-refractivity contribution in [3.05, 3.63) is 29.3 Å². The number of benzene rings is 1. The summed E-state index contributed by atoms with van der Waals surface area (Å²) in [5.74, 6) is 1.01. The van der Waals surface area contributed by atoms with Crippen LogP contribution in [-0.2, 0) is 13.1 Å². The van der Waals surface area contributed by atoms with Gasteiger partial charge in [0.05, 0.1) is 7.11 Å². The van der Waals surface area contributed by atoms with E-state index in [9.17, 15) is 0 Å². The SMILES string of the molecule is CNCc1ccc(OC)c(CN2CCCCC2C)c1. The molecule has 1 aliphatic heterocycles. The average Bonchev–Trinajstić information content (AvgIpc) is 2.42. The van der Waals surface area contributed by atoms with Crippen LogP contribution in [0.3, 0.4) is 0 Å². The van der Waals surface area contributed by atoms with Gasteiger partial charge in [-0.3, -0.25) is 4.90 Å². The fraction of sp³-hybridized carbons (Fsp3) is 0.625. The quantitative estimate of drug-likeness (QED) is 0.883. The standard InChI is InChI=1S/C16H26N2O/c1-13-6-4-5-9-18(13)12-15-10-14(11-17-2)7-8-16(15)19-3/h7-8,10,13,17H,4-6,9,11-12H2,1-3H3. The number of piperidine rings is 1. The molecule has 0 aromatic heterocycles. The Kier molecular flexibility index (Phi) is 5.23. The lowest BCUT2D eigenvalue weighted by Gasteiger charge is -2.33. The first kappa shape index (κ1) is 14.4. The summed E-state index contributed by atoms with van der Waals surface area (Å²) in [6, 6.07) is 7.19. The summed E-state index contributed by atoms with van der Waals surface area (Å²) in [6.45, 7) is 5.46. The number of nitrogens with one attached hydrogen (secondary N) is 1. The lowest BCUT2D eigenvalue weighted by Crippen LogP contribution is -2.36. The second-order valence-corrected chi connectivity index (χ2v) is 5.49. The van der Waals surface area contributed by atoms with Crippen molar-refractivity contribution in [3.63, 3.8) is 0 Å². The van der Waals surface area contributed by atoms with E-state index in [-0.39, 0.29) is 0 Å². The highest BCUT2D eigenvalue weighted by Gasteiger charge is 2.19. The van der Waals surface area contributed by atoms with Gasteiger partial charge in [-0.15, -0.1) is 0 Å². The van der Waals surface area contributed by atoms with Gasteiger partial charge in [0.15, 0.2) is 0 Å². The molecule has 1 heterocycles. The molecule has 0 amide bonds. The Morgan fingerprint density at radius 3 is 2.89 bits per heavy atom. The van der Waals surface area contributed by atoms with Crippen molar-refractivity contribution < 1.29 is 4.74 Å². The summed E-state index contributed by atoms with van der Waals surface area (Å²) in [7, 11) is 3.74. The number of hydrogen-bond donors (Lipinski definition) is 1. The van der Waals surface area contributed by atoms with E-state index in [1.54, 1.807) is 7.11 Å². The molecule has 1 aromatic rings. The van der Waals surface area contributed by atoms with Gasteiger partial charge in [-0.25, -0.2) is 0 Å². The fourth-order valence-electron chi connectivity index (χ4n) is 2.88. The number of ether oxygens (including phenoxy) is 1. The molecule has 1 aliphatic rings. The zero-order valence-electron chi connectivity index (χ0n) is 12.4. The highest BCUT2D eigenvalue weighted by atomic mass is 16.5. The molecule has 1 aromatic carbocycles. The van der Waals surface area contributed by atoms with Crippen molar-refractivity contribution in [1.82, 2.24) is 10.2 Å². The van der Waals surface area contributed by atoms with Crippen molar-refractivity contribution in [1.29, 1.82) is 0 Å². The van der Waals surface area contributed by atoms with Gasteiger partial charge >= 0.3 is 0 Å². The first-order chi connectivity index (χ1) is 9.24. The number of hydrogen-bond acceptors (Lipinski definition) is 3. The van der Waals surface area contributed by atoms with Gasteiger partial charge in [0.25, 0.3) is 0 Å². The van der Waals surface area contributed by atoms with Crippen LogP contribution >= 0.6 is 0 Å². The average molecular weight is 262 g/mol.